The number of ether oxygens (including phenoxy) is 1. The number of nitrogens with zero attached hydrogens (tertiary/aromatic N) is 4. The second kappa shape index (κ2) is 10.9. The van der Waals surface area contributed by atoms with Crippen molar-refractivity contribution in [3.8, 4) is 0 Å². The van der Waals surface area contributed by atoms with E-state index in [1.54, 1.807) is 0 Å². The number of rotatable bonds is 5. The van der Waals surface area contributed by atoms with Crippen molar-refractivity contribution in [2.45, 2.75) is 17.9 Å². The summed E-state index contributed by atoms with van der Waals surface area (Å²) in [7, 11) is 3.76. The number of hydrogen-bond acceptors (Lipinski definition) is 4. The van der Waals surface area contributed by atoms with Gasteiger partial charge in [0, 0.05) is 49.6 Å². The van der Waals surface area contributed by atoms with Crippen LogP contribution in [0, 0.1) is 6.92 Å². The van der Waals surface area contributed by atoms with Crippen LogP contribution in [0.5, 0.6) is 0 Å². The minimum absolute atomic E-state index is 0. The summed E-state index contributed by atoms with van der Waals surface area (Å²) in [6.07, 6.45) is 3.93. The molecule has 1 aliphatic rings. The van der Waals surface area contributed by atoms with Crippen molar-refractivity contribution in [1.29, 1.82) is 0 Å². The first-order valence-corrected chi connectivity index (χ1v) is 9.89. The maximum atomic E-state index is 5.91. The molecule has 27 heavy (non-hydrogen) atoms. The third-order valence-electron chi connectivity index (χ3n) is 4.35. The molecule has 0 saturated carbocycles. The molecule has 1 aromatic carbocycles. The standard InChI is InChI=1S/C19H27N5OS.HI/c1-15-4-6-17(7-5-15)26-11-8-21-19(20-2)24-9-10-25-18(14-24)16-12-22-23(3)13-16;/h4-7,12-13,18H,8-11,14H2,1-3H3,(H,20,21);1H. The minimum Gasteiger partial charge on any atom is -0.370 e. The minimum atomic E-state index is 0. The lowest BCUT2D eigenvalue weighted by molar-refractivity contribution is -0.00798. The van der Waals surface area contributed by atoms with Crippen molar-refractivity contribution in [1.82, 2.24) is 20.0 Å². The molecule has 0 radical (unpaired) electrons. The zero-order valence-electron chi connectivity index (χ0n) is 16.1. The molecule has 1 aliphatic heterocycles. The van der Waals surface area contributed by atoms with E-state index in [4.69, 9.17) is 4.74 Å². The smallest absolute Gasteiger partial charge is 0.193 e. The average molecular weight is 501 g/mol. The van der Waals surface area contributed by atoms with Crippen molar-refractivity contribution in [3.05, 3.63) is 47.8 Å². The monoisotopic (exact) mass is 501 g/mol. The Morgan fingerprint density at radius 3 is 2.81 bits per heavy atom. The fraction of sp³-hybridized carbons (Fsp3) is 0.474. The van der Waals surface area contributed by atoms with Crippen LogP contribution in [0.4, 0.5) is 0 Å². The number of aromatic nitrogens is 2. The van der Waals surface area contributed by atoms with Crippen molar-refractivity contribution in [2.24, 2.45) is 12.0 Å². The van der Waals surface area contributed by atoms with Crippen molar-refractivity contribution < 1.29 is 4.74 Å². The van der Waals surface area contributed by atoms with E-state index in [0.29, 0.717) is 6.61 Å². The van der Waals surface area contributed by atoms with E-state index in [9.17, 15) is 0 Å². The molecule has 1 fully saturated rings. The third kappa shape index (κ3) is 6.39. The fourth-order valence-corrected chi connectivity index (χ4v) is 3.72. The zero-order chi connectivity index (χ0) is 18.4. The van der Waals surface area contributed by atoms with Gasteiger partial charge in [0.1, 0.15) is 6.10 Å². The number of benzene rings is 1. The molecule has 1 saturated heterocycles. The van der Waals surface area contributed by atoms with Gasteiger partial charge in [0.2, 0.25) is 0 Å². The fourth-order valence-electron chi connectivity index (χ4n) is 2.95. The van der Waals surface area contributed by atoms with Gasteiger partial charge in [-0.3, -0.25) is 9.67 Å². The molecular formula is C19H28IN5OS. The molecule has 1 N–H and O–H groups in total. The Morgan fingerprint density at radius 2 is 2.15 bits per heavy atom. The first-order chi connectivity index (χ1) is 12.7. The number of aliphatic imine (C=N–C) groups is 1. The maximum Gasteiger partial charge on any atom is 0.193 e. The second-order valence-corrected chi connectivity index (χ2v) is 7.56. The average Bonchev–Trinajstić information content (AvgIpc) is 3.10. The van der Waals surface area contributed by atoms with Gasteiger partial charge in [0.05, 0.1) is 19.3 Å². The topological polar surface area (TPSA) is 54.7 Å². The lowest BCUT2D eigenvalue weighted by Gasteiger charge is -2.34. The number of hydrogen-bond donors (Lipinski definition) is 1. The maximum absolute atomic E-state index is 5.91. The first-order valence-electron chi connectivity index (χ1n) is 8.91. The van der Waals surface area contributed by atoms with Gasteiger partial charge in [-0.25, -0.2) is 0 Å². The lowest BCUT2D eigenvalue weighted by atomic mass is 10.1. The molecule has 3 rings (SSSR count). The number of guanidine groups is 1. The summed E-state index contributed by atoms with van der Waals surface area (Å²) in [6.45, 7) is 5.32. The Kier molecular flexibility index (Phi) is 8.91. The number of aryl methyl sites for hydroxylation is 2. The quantitative estimate of drug-likeness (QED) is 0.225. The van der Waals surface area contributed by atoms with E-state index in [1.807, 2.05) is 42.9 Å². The zero-order valence-corrected chi connectivity index (χ0v) is 19.2. The molecule has 1 unspecified atom stereocenters. The molecule has 0 amide bonds. The summed E-state index contributed by atoms with van der Waals surface area (Å²) in [5, 5.41) is 7.72. The van der Waals surface area contributed by atoms with Crippen LogP contribution in [0.2, 0.25) is 0 Å². The largest absolute Gasteiger partial charge is 0.370 e. The summed E-state index contributed by atoms with van der Waals surface area (Å²) in [6, 6.07) is 8.66. The summed E-state index contributed by atoms with van der Waals surface area (Å²) in [4.78, 5) is 8.01. The van der Waals surface area contributed by atoms with E-state index >= 15 is 0 Å². The van der Waals surface area contributed by atoms with Crippen molar-refractivity contribution in [2.75, 3.05) is 39.0 Å². The van der Waals surface area contributed by atoms with Gasteiger partial charge in [-0.15, -0.1) is 35.7 Å². The van der Waals surface area contributed by atoms with Crippen LogP contribution in [0.1, 0.15) is 17.2 Å². The Balaban J connectivity index is 0.00000261. The van der Waals surface area contributed by atoms with E-state index < -0.39 is 0 Å². The highest BCUT2D eigenvalue weighted by molar-refractivity contribution is 14.0. The first kappa shape index (κ1) is 22.0. The molecule has 0 bridgehead atoms. The predicted molar refractivity (Wildman–Crippen MR) is 122 cm³/mol. The summed E-state index contributed by atoms with van der Waals surface area (Å²) < 4.78 is 7.73. The Bertz CT molecular complexity index is 734. The molecule has 2 aromatic rings. The molecule has 1 atom stereocenters. The van der Waals surface area contributed by atoms with E-state index in [1.165, 1.54) is 10.5 Å². The van der Waals surface area contributed by atoms with Gasteiger partial charge in [-0.05, 0) is 19.1 Å². The molecule has 148 valence electrons. The number of nitrogens with one attached hydrogen (secondary N) is 1. The van der Waals surface area contributed by atoms with Gasteiger partial charge in [-0.2, -0.15) is 5.10 Å². The Hall–Kier alpha value is -1.26. The van der Waals surface area contributed by atoms with Crippen LogP contribution in [0.15, 0.2) is 46.5 Å². The van der Waals surface area contributed by atoms with E-state index in [2.05, 4.69) is 51.5 Å². The van der Waals surface area contributed by atoms with E-state index in [0.717, 1.165) is 36.9 Å². The molecule has 2 heterocycles. The summed E-state index contributed by atoms with van der Waals surface area (Å²) >= 11 is 1.86. The SMILES string of the molecule is CN=C(NCCSc1ccc(C)cc1)N1CCOC(c2cnn(C)c2)C1.I. The molecule has 8 heteroatoms. The van der Waals surface area contributed by atoms with Crippen LogP contribution in [0.25, 0.3) is 0 Å². The van der Waals surface area contributed by atoms with Gasteiger partial charge < -0.3 is 15.0 Å². The van der Waals surface area contributed by atoms with Gasteiger partial charge in [0.25, 0.3) is 0 Å². The third-order valence-corrected chi connectivity index (χ3v) is 5.36. The lowest BCUT2D eigenvalue weighted by Crippen LogP contribution is -2.48. The summed E-state index contributed by atoms with van der Waals surface area (Å²) in [5.74, 6) is 1.94. The highest BCUT2D eigenvalue weighted by Crippen LogP contribution is 2.22. The normalized spacial score (nSPS) is 17.5. The van der Waals surface area contributed by atoms with Crippen LogP contribution >= 0.6 is 35.7 Å². The molecule has 0 spiro atoms. The number of halogens is 1. The van der Waals surface area contributed by atoms with Crippen LogP contribution in [-0.2, 0) is 11.8 Å². The number of morpholine rings is 1. The van der Waals surface area contributed by atoms with Gasteiger partial charge in [-0.1, -0.05) is 17.7 Å². The highest BCUT2D eigenvalue weighted by atomic mass is 127. The van der Waals surface area contributed by atoms with Crippen molar-refractivity contribution >= 4 is 41.7 Å². The van der Waals surface area contributed by atoms with Crippen molar-refractivity contribution in [3.63, 3.8) is 0 Å². The van der Waals surface area contributed by atoms with Crippen LogP contribution < -0.4 is 5.32 Å². The number of thioether (sulfide) groups is 1. The molecular weight excluding hydrogens is 473 g/mol. The highest BCUT2D eigenvalue weighted by Gasteiger charge is 2.24. The van der Waals surface area contributed by atoms with E-state index in [-0.39, 0.29) is 30.1 Å². The van der Waals surface area contributed by atoms with Crippen LogP contribution in [-0.4, -0.2) is 59.7 Å². The molecule has 1 aromatic heterocycles. The van der Waals surface area contributed by atoms with Gasteiger partial charge >= 0.3 is 0 Å². The molecule has 6 nitrogen and oxygen atoms in total. The second-order valence-electron chi connectivity index (χ2n) is 6.39. The van der Waals surface area contributed by atoms with Gasteiger partial charge in [0.15, 0.2) is 5.96 Å². The predicted octanol–water partition coefficient (Wildman–Crippen LogP) is 3.09. The molecule has 0 aliphatic carbocycles. The summed E-state index contributed by atoms with van der Waals surface area (Å²) in [5.41, 5.74) is 2.41. The van der Waals surface area contributed by atoms with Crippen LogP contribution in [0.3, 0.4) is 0 Å². The Morgan fingerprint density at radius 1 is 1.37 bits per heavy atom. The Labute approximate surface area is 182 Å².